The van der Waals surface area contributed by atoms with Crippen molar-refractivity contribution in [2.24, 2.45) is 5.92 Å². The van der Waals surface area contributed by atoms with E-state index >= 15 is 0 Å². The highest BCUT2D eigenvalue weighted by atomic mass is 32.1. The maximum atomic E-state index is 11.8. The van der Waals surface area contributed by atoms with E-state index in [0.717, 1.165) is 13.0 Å². The van der Waals surface area contributed by atoms with E-state index in [1.54, 1.807) is 0 Å². The fourth-order valence-corrected chi connectivity index (χ4v) is 3.90. The number of amides is 1. The molecule has 1 aromatic rings. The van der Waals surface area contributed by atoms with E-state index in [2.05, 4.69) is 29.7 Å². The highest BCUT2D eigenvalue weighted by Crippen LogP contribution is 2.25. The second-order valence-corrected chi connectivity index (χ2v) is 8.80. The van der Waals surface area contributed by atoms with Crippen LogP contribution in [0.3, 0.4) is 0 Å². The third-order valence-corrected chi connectivity index (χ3v) is 5.15. The molecule has 1 saturated carbocycles. The first-order valence-electron chi connectivity index (χ1n) is 8.59. The number of ether oxygens (including phenoxy) is 1. The maximum absolute atomic E-state index is 11.8. The van der Waals surface area contributed by atoms with Gasteiger partial charge >= 0.3 is 6.09 Å². The summed E-state index contributed by atoms with van der Waals surface area (Å²) in [4.78, 5) is 14.6. The maximum Gasteiger partial charge on any atom is 0.407 e. The van der Waals surface area contributed by atoms with Crippen LogP contribution in [-0.4, -0.2) is 24.3 Å². The van der Waals surface area contributed by atoms with Crippen molar-refractivity contribution in [1.82, 2.24) is 10.6 Å². The van der Waals surface area contributed by atoms with Crippen molar-refractivity contribution in [2.45, 2.75) is 71.6 Å². The molecule has 5 heteroatoms. The Morgan fingerprint density at radius 1 is 1.30 bits per heavy atom. The summed E-state index contributed by atoms with van der Waals surface area (Å²) in [5.74, 6) is 0.484. The Bertz CT molecular complexity index is 507. The minimum Gasteiger partial charge on any atom is -0.444 e. The lowest BCUT2D eigenvalue weighted by atomic mass is 9.84. The minimum atomic E-state index is -0.439. The number of carbonyl (C=O) groups is 1. The van der Waals surface area contributed by atoms with Crippen LogP contribution in [0.4, 0.5) is 4.79 Å². The predicted molar refractivity (Wildman–Crippen MR) is 95.9 cm³/mol. The lowest BCUT2D eigenvalue weighted by Crippen LogP contribution is -2.44. The molecule has 2 rings (SSSR count). The van der Waals surface area contributed by atoms with E-state index in [1.807, 2.05) is 32.1 Å². The number of hydrogen-bond acceptors (Lipinski definition) is 4. The van der Waals surface area contributed by atoms with Crippen LogP contribution in [-0.2, 0) is 11.3 Å². The molecule has 1 aliphatic rings. The van der Waals surface area contributed by atoms with Crippen molar-refractivity contribution in [3.8, 4) is 0 Å². The molecule has 2 atom stereocenters. The average Bonchev–Trinajstić information content (AvgIpc) is 2.87. The smallest absolute Gasteiger partial charge is 0.407 e. The third kappa shape index (κ3) is 6.51. The largest absolute Gasteiger partial charge is 0.444 e. The number of alkyl carbamates (subject to hydrolysis) is 1. The Balaban J connectivity index is 1.79. The molecule has 0 saturated heterocycles. The summed E-state index contributed by atoms with van der Waals surface area (Å²) in [6.45, 7) is 9.42. The summed E-state index contributed by atoms with van der Waals surface area (Å²) >= 11 is 1.85. The number of carbonyl (C=O) groups excluding carboxylic acids is 1. The van der Waals surface area contributed by atoms with Gasteiger partial charge in [-0.3, -0.25) is 0 Å². The Morgan fingerprint density at radius 3 is 2.70 bits per heavy atom. The second-order valence-electron chi connectivity index (χ2n) is 7.43. The molecule has 0 aromatic carbocycles. The fraction of sp³-hybridized carbons (Fsp3) is 0.722. The van der Waals surface area contributed by atoms with Gasteiger partial charge in [-0.2, -0.15) is 0 Å². The Morgan fingerprint density at radius 2 is 2.04 bits per heavy atom. The standard InChI is InChI=1S/C18H30N2O2S/c1-13-9-10-15(23-13)12-19-16-8-6-5-7-14(16)11-20-17(21)22-18(2,3)4/h9-10,14,16,19H,5-8,11-12H2,1-4H3,(H,20,21). The SMILES string of the molecule is Cc1ccc(CNC2CCCCC2CNC(=O)OC(C)(C)C)s1. The molecular formula is C18H30N2O2S. The number of hydrogen-bond donors (Lipinski definition) is 2. The van der Waals surface area contributed by atoms with Crippen molar-refractivity contribution in [2.75, 3.05) is 6.54 Å². The van der Waals surface area contributed by atoms with Gasteiger partial charge in [0.05, 0.1) is 0 Å². The molecule has 1 fully saturated rings. The minimum absolute atomic E-state index is 0.310. The molecule has 23 heavy (non-hydrogen) atoms. The van der Waals surface area contributed by atoms with Gasteiger partial charge in [-0.15, -0.1) is 11.3 Å². The molecule has 1 heterocycles. The fourth-order valence-electron chi connectivity index (χ4n) is 3.06. The molecule has 0 radical (unpaired) electrons. The summed E-state index contributed by atoms with van der Waals surface area (Å²) in [5, 5.41) is 6.63. The first-order valence-corrected chi connectivity index (χ1v) is 9.41. The molecule has 0 aliphatic heterocycles. The van der Waals surface area contributed by atoms with Gasteiger partial charge in [0.1, 0.15) is 5.60 Å². The van der Waals surface area contributed by atoms with Crippen LogP contribution in [0, 0.1) is 12.8 Å². The summed E-state index contributed by atoms with van der Waals surface area (Å²) in [7, 11) is 0. The lowest BCUT2D eigenvalue weighted by molar-refractivity contribution is 0.0510. The number of aryl methyl sites for hydroxylation is 1. The summed E-state index contributed by atoms with van der Waals surface area (Å²) in [5.41, 5.74) is -0.439. The lowest BCUT2D eigenvalue weighted by Gasteiger charge is -2.32. The van der Waals surface area contributed by atoms with Gasteiger partial charge < -0.3 is 15.4 Å². The molecule has 2 unspecified atom stereocenters. The van der Waals surface area contributed by atoms with Crippen LogP contribution >= 0.6 is 11.3 Å². The van der Waals surface area contributed by atoms with E-state index in [-0.39, 0.29) is 6.09 Å². The molecule has 0 bridgehead atoms. The molecule has 1 aromatic heterocycles. The molecule has 0 spiro atoms. The van der Waals surface area contributed by atoms with Crippen LogP contribution in [0.15, 0.2) is 12.1 Å². The van der Waals surface area contributed by atoms with Crippen LogP contribution in [0.25, 0.3) is 0 Å². The Hall–Kier alpha value is -1.07. The molecule has 4 nitrogen and oxygen atoms in total. The number of rotatable bonds is 5. The van der Waals surface area contributed by atoms with Gasteiger partial charge in [0.2, 0.25) is 0 Å². The van der Waals surface area contributed by atoms with E-state index < -0.39 is 5.60 Å². The molecule has 2 N–H and O–H groups in total. The first kappa shape index (κ1) is 18.3. The Kier molecular flexibility index (Phi) is 6.48. The van der Waals surface area contributed by atoms with Crippen molar-refractivity contribution in [3.05, 3.63) is 21.9 Å². The average molecular weight is 339 g/mol. The van der Waals surface area contributed by atoms with Crippen LogP contribution in [0.1, 0.15) is 56.2 Å². The summed E-state index contributed by atoms with van der Waals surface area (Å²) in [6.07, 6.45) is 4.55. The number of thiophene rings is 1. The third-order valence-electron chi connectivity index (χ3n) is 4.15. The molecule has 130 valence electrons. The van der Waals surface area contributed by atoms with Crippen molar-refractivity contribution >= 4 is 17.4 Å². The van der Waals surface area contributed by atoms with Crippen LogP contribution in [0.5, 0.6) is 0 Å². The highest BCUT2D eigenvalue weighted by Gasteiger charge is 2.26. The highest BCUT2D eigenvalue weighted by molar-refractivity contribution is 7.11. The van der Waals surface area contributed by atoms with E-state index in [4.69, 9.17) is 4.74 Å². The van der Waals surface area contributed by atoms with Gasteiger partial charge in [-0.25, -0.2) is 4.79 Å². The quantitative estimate of drug-likeness (QED) is 0.845. The monoisotopic (exact) mass is 338 g/mol. The summed E-state index contributed by atoms with van der Waals surface area (Å²) in [6, 6.07) is 4.84. The van der Waals surface area contributed by atoms with E-state index in [9.17, 15) is 4.79 Å². The van der Waals surface area contributed by atoms with Crippen molar-refractivity contribution < 1.29 is 9.53 Å². The normalized spacial score (nSPS) is 21.9. The van der Waals surface area contributed by atoms with Gasteiger partial charge in [0.25, 0.3) is 0 Å². The zero-order chi connectivity index (χ0) is 16.9. The summed E-state index contributed by atoms with van der Waals surface area (Å²) < 4.78 is 5.33. The molecule has 1 aliphatic carbocycles. The van der Waals surface area contributed by atoms with E-state index in [1.165, 1.54) is 29.0 Å². The van der Waals surface area contributed by atoms with Crippen molar-refractivity contribution in [1.29, 1.82) is 0 Å². The van der Waals surface area contributed by atoms with Gasteiger partial charge in [-0.1, -0.05) is 12.8 Å². The van der Waals surface area contributed by atoms with Gasteiger partial charge in [0.15, 0.2) is 0 Å². The van der Waals surface area contributed by atoms with Crippen molar-refractivity contribution in [3.63, 3.8) is 0 Å². The van der Waals surface area contributed by atoms with Crippen LogP contribution < -0.4 is 10.6 Å². The zero-order valence-corrected chi connectivity index (χ0v) is 15.6. The predicted octanol–water partition coefficient (Wildman–Crippen LogP) is 4.23. The Labute approximate surface area is 144 Å². The molecular weight excluding hydrogens is 308 g/mol. The number of nitrogens with one attached hydrogen (secondary N) is 2. The van der Waals surface area contributed by atoms with Gasteiger partial charge in [0, 0.05) is 28.9 Å². The zero-order valence-electron chi connectivity index (χ0n) is 14.8. The first-order chi connectivity index (χ1) is 10.8. The van der Waals surface area contributed by atoms with E-state index in [0.29, 0.717) is 18.5 Å². The molecule has 1 amide bonds. The second kappa shape index (κ2) is 8.15. The topological polar surface area (TPSA) is 50.4 Å². The van der Waals surface area contributed by atoms with Crippen LogP contribution in [0.2, 0.25) is 0 Å². The van der Waals surface area contributed by atoms with Gasteiger partial charge in [-0.05, 0) is 58.6 Å².